The molecular weight excluding hydrogens is 238 g/mol. The quantitative estimate of drug-likeness (QED) is 0.803. The number of aliphatic hydroxyl groups is 1. The fraction of sp³-hybridized carbons (Fsp3) is 1.00. The molecule has 3 heteroatoms. The van der Waals surface area contributed by atoms with Crippen LogP contribution < -0.4 is 5.32 Å². The first-order valence-corrected chi connectivity index (χ1v) is 7.71. The molecule has 0 unspecified atom stereocenters. The minimum absolute atomic E-state index is 0.169. The van der Waals surface area contributed by atoms with Gasteiger partial charge in [-0.1, -0.05) is 20.8 Å². The highest BCUT2D eigenvalue weighted by molar-refractivity contribution is 4.83. The van der Waals surface area contributed by atoms with E-state index < -0.39 is 0 Å². The number of nitrogens with two attached hydrogens (primary N) is 1. The van der Waals surface area contributed by atoms with Crippen LogP contribution in [0.25, 0.3) is 0 Å². The van der Waals surface area contributed by atoms with Crippen molar-refractivity contribution >= 4 is 0 Å². The predicted molar refractivity (Wildman–Crippen MR) is 79.1 cm³/mol. The molecule has 114 valence electrons. The van der Waals surface area contributed by atoms with Gasteiger partial charge in [0.2, 0.25) is 0 Å². The summed E-state index contributed by atoms with van der Waals surface area (Å²) in [5, 5.41) is 12.2. The molecule has 0 radical (unpaired) electrons. The summed E-state index contributed by atoms with van der Waals surface area (Å²) in [6.07, 6.45) is 3.50. The molecule has 0 heterocycles. The van der Waals surface area contributed by atoms with Gasteiger partial charge in [-0.25, -0.2) is 0 Å². The van der Waals surface area contributed by atoms with Crippen molar-refractivity contribution in [1.29, 1.82) is 0 Å². The zero-order valence-electron chi connectivity index (χ0n) is 13.7. The van der Waals surface area contributed by atoms with Gasteiger partial charge >= 0.3 is 0 Å². The van der Waals surface area contributed by atoms with Crippen LogP contribution in [0.1, 0.15) is 60.8 Å². The van der Waals surface area contributed by atoms with Crippen LogP contribution in [-0.4, -0.2) is 36.0 Å². The van der Waals surface area contributed by atoms with Gasteiger partial charge in [0.05, 0.1) is 18.2 Å². The van der Waals surface area contributed by atoms with Gasteiger partial charge in [0.25, 0.3) is 0 Å². The fourth-order valence-electron chi connectivity index (χ4n) is 3.19. The molecule has 1 saturated carbocycles. The number of quaternary nitrogens is 1. The third-order valence-electron chi connectivity index (χ3n) is 3.87. The number of aliphatic hydroxyl groups excluding tert-OH is 1. The first kappa shape index (κ1) is 16.9. The van der Waals surface area contributed by atoms with Crippen LogP contribution in [-0.2, 0) is 4.74 Å². The second-order valence-electron chi connectivity index (χ2n) is 8.33. The van der Waals surface area contributed by atoms with E-state index in [0.717, 1.165) is 25.3 Å². The van der Waals surface area contributed by atoms with Crippen LogP contribution in [0.4, 0.5) is 0 Å². The molecule has 0 spiro atoms. The molecule has 3 N–H and O–H groups in total. The lowest BCUT2D eigenvalue weighted by Crippen LogP contribution is -2.96. The Balaban J connectivity index is 2.28. The smallest absolute Gasteiger partial charge is 0.126 e. The van der Waals surface area contributed by atoms with E-state index in [-0.39, 0.29) is 11.6 Å². The van der Waals surface area contributed by atoms with Crippen LogP contribution in [0, 0.1) is 11.3 Å². The van der Waals surface area contributed by atoms with Crippen molar-refractivity contribution in [3.05, 3.63) is 0 Å². The largest absolute Gasteiger partial charge is 0.385 e. The average Bonchev–Trinajstić information content (AvgIpc) is 2.19. The number of rotatable bonds is 5. The molecule has 19 heavy (non-hydrogen) atoms. The molecule has 0 saturated heterocycles. The number of hydrogen-bond donors (Lipinski definition) is 2. The van der Waals surface area contributed by atoms with Crippen molar-refractivity contribution in [3.63, 3.8) is 0 Å². The number of ether oxygens (including phenoxy) is 1. The monoisotopic (exact) mass is 272 g/mol. The van der Waals surface area contributed by atoms with Crippen LogP contribution >= 0.6 is 0 Å². The second kappa shape index (κ2) is 6.55. The van der Waals surface area contributed by atoms with Crippen LogP contribution in [0.2, 0.25) is 0 Å². The van der Waals surface area contributed by atoms with Crippen molar-refractivity contribution in [2.75, 3.05) is 13.2 Å². The lowest BCUT2D eigenvalue weighted by molar-refractivity contribution is -0.722. The molecule has 0 aromatic carbocycles. The highest BCUT2D eigenvalue weighted by atomic mass is 16.5. The summed E-state index contributed by atoms with van der Waals surface area (Å²) in [6.45, 7) is 14.6. The second-order valence-corrected chi connectivity index (χ2v) is 8.33. The minimum atomic E-state index is -0.362. The Hall–Kier alpha value is -0.120. The summed E-state index contributed by atoms with van der Waals surface area (Å²) in [7, 11) is 0. The Bertz CT molecular complexity index is 270. The van der Waals surface area contributed by atoms with Gasteiger partial charge < -0.3 is 15.2 Å². The van der Waals surface area contributed by atoms with Gasteiger partial charge in [-0.2, -0.15) is 0 Å². The third kappa shape index (κ3) is 7.28. The Morgan fingerprint density at radius 3 is 2.47 bits per heavy atom. The van der Waals surface area contributed by atoms with Gasteiger partial charge in [0.1, 0.15) is 12.6 Å². The van der Waals surface area contributed by atoms with Crippen LogP contribution in [0.5, 0.6) is 0 Å². The van der Waals surface area contributed by atoms with E-state index in [0.29, 0.717) is 18.1 Å². The molecule has 1 fully saturated rings. The summed E-state index contributed by atoms with van der Waals surface area (Å²) in [4.78, 5) is 0. The maximum absolute atomic E-state index is 9.98. The first-order chi connectivity index (χ1) is 8.57. The molecule has 1 aliphatic carbocycles. The molecule has 1 rings (SSSR count). The van der Waals surface area contributed by atoms with Crippen molar-refractivity contribution in [1.82, 2.24) is 0 Å². The number of hydrogen-bond acceptors (Lipinski definition) is 2. The summed E-state index contributed by atoms with van der Waals surface area (Å²) in [6, 6.07) is 0. The Kier molecular flexibility index (Phi) is 5.84. The zero-order valence-corrected chi connectivity index (χ0v) is 13.7. The molecular formula is C16H34NO2+. The summed E-state index contributed by atoms with van der Waals surface area (Å²) < 4.78 is 5.95. The Morgan fingerprint density at radius 2 is 1.95 bits per heavy atom. The van der Waals surface area contributed by atoms with E-state index in [1.807, 2.05) is 0 Å². The van der Waals surface area contributed by atoms with E-state index in [1.54, 1.807) is 0 Å². The van der Waals surface area contributed by atoms with Crippen LogP contribution in [0.3, 0.4) is 0 Å². The third-order valence-corrected chi connectivity index (χ3v) is 3.87. The molecule has 3 atom stereocenters. The molecule has 0 amide bonds. The van der Waals surface area contributed by atoms with Crippen LogP contribution in [0.15, 0.2) is 0 Å². The standard InChI is InChI=1S/C16H33NO2/c1-12-7-14(9-16(5,6)8-12)19-11-13(18)10-17-15(2,3)4/h12-14,17-18H,7-11H2,1-6H3/p+1/t12-,13+,14-/m0/s1. The summed E-state index contributed by atoms with van der Waals surface area (Å²) in [5.41, 5.74) is 0.549. The van der Waals surface area contributed by atoms with E-state index in [4.69, 9.17) is 4.74 Å². The summed E-state index contributed by atoms with van der Waals surface area (Å²) >= 11 is 0. The fourth-order valence-corrected chi connectivity index (χ4v) is 3.19. The molecule has 0 aromatic heterocycles. The van der Waals surface area contributed by atoms with E-state index >= 15 is 0 Å². The van der Waals surface area contributed by atoms with Crippen molar-refractivity contribution in [2.24, 2.45) is 11.3 Å². The zero-order chi connectivity index (χ0) is 14.7. The maximum atomic E-state index is 9.98. The lowest BCUT2D eigenvalue weighted by atomic mass is 9.71. The van der Waals surface area contributed by atoms with Gasteiger partial charge in [0.15, 0.2) is 0 Å². The van der Waals surface area contributed by atoms with Crippen molar-refractivity contribution in [2.45, 2.75) is 78.6 Å². The van der Waals surface area contributed by atoms with Gasteiger partial charge in [-0.15, -0.1) is 0 Å². The molecule has 0 aromatic rings. The molecule has 0 bridgehead atoms. The minimum Gasteiger partial charge on any atom is -0.385 e. The topological polar surface area (TPSA) is 46.1 Å². The van der Waals surface area contributed by atoms with Gasteiger partial charge in [0, 0.05) is 0 Å². The van der Waals surface area contributed by atoms with Crippen molar-refractivity contribution in [3.8, 4) is 0 Å². The molecule has 3 nitrogen and oxygen atoms in total. The van der Waals surface area contributed by atoms with Gasteiger partial charge in [-0.3, -0.25) is 0 Å². The normalized spacial score (nSPS) is 29.2. The highest BCUT2D eigenvalue weighted by Gasteiger charge is 2.32. The maximum Gasteiger partial charge on any atom is 0.126 e. The lowest BCUT2D eigenvalue weighted by Gasteiger charge is -2.39. The van der Waals surface area contributed by atoms with Gasteiger partial charge in [-0.05, 0) is 51.4 Å². The Labute approximate surface area is 119 Å². The predicted octanol–water partition coefficient (Wildman–Crippen LogP) is 1.94. The van der Waals surface area contributed by atoms with E-state index in [2.05, 4.69) is 46.9 Å². The highest BCUT2D eigenvalue weighted by Crippen LogP contribution is 2.39. The molecule has 1 aliphatic rings. The summed E-state index contributed by atoms with van der Waals surface area (Å²) in [5.74, 6) is 0.729. The molecule has 0 aliphatic heterocycles. The Morgan fingerprint density at radius 1 is 1.32 bits per heavy atom. The van der Waals surface area contributed by atoms with E-state index in [1.165, 1.54) is 6.42 Å². The van der Waals surface area contributed by atoms with Crippen molar-refractivity contribution < 1.29 is 15.2 Å². The average molecular weight is 272 g/mol. The van der Waals surface area contributed by atoms with E-state index in [9.17, 15) is 5.11 Å². The SMILES string of the molecule is C[C@H]1C[C@H](OC[C@H](O)C[NH2+]C(C)(C)C)CC(C)(C)C1. The first-order valence-electron chi connectivity index (χ1n) is 7.71.